The Hall–Kier alpha value is -3.03. The second kappa shape index (κ2) is 13.3. The first-order chi connectivity index (χ1) is 19.8. The number of aromatic nitrogens is 4. The van der Waals surface area contributed by atoms with Crippen molar-refractivity contribution in [2.24, 2.45) is 5.92 Å². The SMILES string of the molecule is CC(CO)N(CC(F)F)[C@H]1CC[C@H](CNc2nc(N3CCOCC3)cc(-n3c(C(F)F)nc4ccccc43)n2)CC1. The van der Waals surface area contributed by atoms with Crippen LogP contribution in [0, 0.1) is 5.92 Å². The molecule has 2 N–H and O–H groups in total. The van der Waals surface area contributed by atoms with Crippen LogP contribution in [0.1, 0.15) is 44.9 Å². The van der Waals surface area contributed by atoms with Crippen molar-refractivity contribution in [3.8, 4) is 5.82 Å². The fourth-order valence-corrected chi connectivity index (χ4v) is 5.87. The molecule has 13 heteroatoms. The van der Waals surface area contributed by atoms with Crippen molar-refractivity contribution in [1.82, 2.24) is 24.4 Å². The van der Waals surface area contributed by atoms with E-state index in [0.717, 1.165) is 25.7 Å². The van der Waals surface area contributed by atoms with Crippen LogP contribution in [0.3, 0.4) is 0 Å². The summed E-state index contributed by atoms with van der Waals surface area (Å²) in [5, 5.41) is 12.9. The molecule has 0 amide bonds. The van der Waals surface area contributed by atoms with Gasteiger partial charge in [-0.2, -0.15) is 9.97 Å². The molecule has 2 fully saturated rings. The molecule has 1 saturated heterocycles. The third-order valence-corrected chi connectivity index (χ3v) is 8.06. The summed E-state index contributed by atoms with van der Waals surface area (Å²) in [5.74, 6) is 1.14. The van der Waals surface area contributed by atoms with Crippen LogP contribution in [0.15, 0.2) is 30.3 Å². The smallest absolute Gasteiger partial charge is 0.296 e. The fourth-order valence-electron chi connectivity index (χ4n) is 5.87. The van der Waals surface area contributed by atoms with Crippen molar-refractivity contribution in [1.29, 1.82) is 0 Å². The van der Waals surface area contributed by atoms with Gasteiger partial charge in [-0.1, -0.05) is 12.1 Å². The number of ether oxygens (including phenoxy) is 1. The zero-order chi connectivity index (χ0) is 28.9. The first-order valence-corrected chi connectivity index (χ1v) is 14.2. The van der Waals surface area contributed by atoms with E-state index >= 15 is 0 Å². The van der Waals surface area contributed by atoms with Gasteiger partial charge in [0.25, 0.3) is 12.9 Å². The molecular weight excluding hydrogens is 542 g/mol. The maximum absolute atomic E-state index is 14.1. The summed E-state index contributed by atoms with van der Waals surface area (Å²) in [5.41, 5.74) is 0.987. The van der Waals surface area contributed by atoms with E-state index in [1.807, 2.05) is 4.90 Å². The number of nitrogens with one attached hydrogen (secondary N) is 1. The Morgan fingerprint density at radius 3 is 2.41 bits per heavy atom. The molecule has 3 aromatic rings. The van der Waals surface area contributed by atoms with Crippen LogP contribution < -0.4 is 10.2 Å². The predicted molar refractivity (Wildman–Crippen MR) is 148 cm³/mol. The van der Waals surface area contributed by atoms with E-state index in [1.165, 1.54) is 4.57 Å². The van der Waals surface area contributed by atoms with Gasteiger partial charge >= 0.3 is 0 Å². The van der Waals surface area contributed by atoms with E-state index in [1.54, 1.807) is 42.2 Å². The van der Waals surface area contributed by atoms with Crippen LogP contribution in [0.2, 0.25) is 0 Å². The predicted octanol–water partition coefficient (Wildman–Crippen LogP) is 4.51. The lowest BCUT2D eigenvalue weighted by Crippen LogP contribution is -2.47. The Labute approximate surface area is 236 Å². The normalized spacial score (nSPS) is 20.9. The summed E-state index contributed by atoms with van der Waals surface area (Å²) in [4.78, 5) is 17.3. The molecule has 5 rings (SSSR count). The van der Waals surface area contributed by atoms with Crippen molar-refractivity contribution in [3.63, 3.8) is 0 Å². The summed E-state index contributed by atoms with van der Waals surface area (Å²) in [7, 11) is 0. The summed E-state index contributed by atoms with van der Waals surface area (Å²) in [6.45, 7) is 4.15. The summed E-state index contributed by atoms with van der Waals surface area (Å²) in [6.07, 6.45) is -2.09. The Kier molecular flexibility index (Phi) is 9.56. The molecule has 224 valence electrons. The second-order valence-electron chi connectivity index (χ2n) is 10.8. The quantitative estimate of drug-likeness (QED) is 0.321. The van der Waals surface area contributed by atoms with Crippen LogP contribution in [0.25, 0.3) is 16.9 Å². The van der Waals surface area contributed by atoms with Crippen LogP contribution in [-0.4, -0.2) is 94.0 Å². The van der Waals surface area contributed by atoms with E-state index in [9.17, 15) is 22.7 Å². The zero-order valence-corrected chi connectivity index (χ0v) is 23.1. The fraction of sp³-hybridized carbons (Fsp3) is 0.607. The first-order valence-electron chi connectivity index (χ1n) is 14.2. The third-order valence-electron chi connectivity index (χ3n) is 8.06. The van der Waals surface area contributed by atoms with E-state index in [-0.39, 0.29) is 37.0 Å². The number of hydrogen-bond acceptors (Lipinski definition) is 8. The van der Waals surface area contributed by atoms with Crippen LogP contribution in [0.5, 0.6) is 0 Å². The van der Waals surface area contributed by atoms with Gasteiger partial charge in [-0.25, -0.2) is 22.5 Å². The van der Waals surface area contributed by atoms with Crippen molar-refractivity contribution in [2.75, 3.05) is 56.2 Å². The molecule has 1 aromatic carbocycles. The summed E-state index contributed by atoms with van der Waals surface area (Å²) in [6, 6.07) is 8.35. The molecule has 0 bridgehead atoms. The summed E-state index contributed by atoms with van der Waals surface area (Å²) < 4.78 is 61.4. The number of fused-ring (bicyclic) bond motifs is 1. The van der Waals surface area contributed by atoms with E-state index in [4.69, 9.17) is 9.72 Å². The molecule has 1 atom stereocenters. The molecule has 41 heavy (non-hydrogen) atoms. The third kappa shape index (κ3) is 6.90. The largest absolute Gasteiger partial charge is 0.395 e. The van der Waals surface area contributed by atoms with Crippen LogP contribution in [-0.2, 0) is 4.74 Å². The number of para-hydroxylation sites is 2. The molecule has 0 radical (unpaired) electrons. The minimum absolute atomic E-state index is 0.00260. The molecule has 2 aliphatic rings. The number of alkyl halides is 4. The van der Waals surface area contributed by atoms with Gasteiger partial charge < -0.3 is 20.1 Å². The highest BCUT2D eigenvalue weighted by Gasteiger charge is 2.30. The lowest BCUT2D eigenvalue weighted by molar-refractivity contribution is 0.0107. The minimum atomic E-state index is -2.80. The van der Waals surface area contributed by atoms with Crippen LogP contribution >= 0.6 is 0 Å². The number of hydrogen-bond donors (Lipinski definition) is 2. The number of aliphatic hydroxyl groups is 1. The number of anilines is 2. The van der Waals surface area contributed by atoms with Gasteiger partial charge in [-0.15, -0.1) is 0 Å². The molecular formula is C28H37F4N7O2. The second-order valence-corrected chi connectivity index (χ2v) is 10.8. The molecule has 1 aliphatic heterocycles. The van der Waals surface area contributed by atoms with Crippen molar-refractivity contribution in [3.05, 3.63) is 36.2 Å². The topological polar surface area (TPSA) is 91.6 Å². The van der Waals surface area contributed by atoms with Gasteiger partial charge in [0.15, 0.2) is 5.82 Å². The van der Waals surface area contributed by atoms with Gasteiger partial charge in [0.05, 0.1) is 37.4 Å². The summed E-state index contributed by atoms with van der Waals surface area (Å²) >= 11 is 0. The molecule has 2 aromatic heterocycles. The molecule has 0 spiro atoms. The Balaban J connectivity index is 1.36. The highest BCUT2D eigenvalue weighted by molar-refractivity contribution is 5.78. The Morgan fingerprint density at radius 2 is 1.73 bits per heavy atom. The Bertz CT molecular complexity index is 1280. The monoisotopic (exact) mass is 579 g/mol. The molecule has 9 nitrogen and oxygen atoms in total. The maximum Gasteiger partial charge on any atom is 0.296 e. The van der Waals surface area contributed by atoms with Gasteiger partial charge in [0.2, 0.25) is 5.95 Å². The highest BCUT2D eigenvalue weighted by Crippen LogP contribution is 2.31. The average Bonchev–Trinajstić information content (AvgIpc) is 3.39. The number of nitrogens with zero attached hydrogens (tertiary/aromatic N) is 6. The minimum Gasteiger partial charge on any atom is -0.395 e. The van der Waals surface area contributed by atoms with Gasteiger partial charge in [-0.05, 0) is 50.7 Å². The van der Waals surface area contributed by atoms with Crippen molar-refractivity contribution in [2.45, 2.75) is 57.5 Å². The Morgan fingerprint density at radius 1 is 1.02 bits per heavy atom. The average molecular weight is 580 g/mol. The molecule has 1 aliphatic carbocycles. The van der Waals surface area contributed by atoms with Crippen molar-refractivity contribution >= 4 is 22.8 Å². The lowest BCUT2D eigenvalue weighted by atomic mass is 9.84. The van der Waals surface area contributed by atoms with E-state index < -0.39 is 12.9 Å². The lowest BCUT2D eigenvalue weighted by Gasteiger charge is -2.39. The van der Waals surface area contributed by atoms with Crippen molar-refractivity contribution < 1.29 is 27.4 Å². The number of rotatable bonds is 11. The van der Waals surface area contributed by atoms with Crippen LogP contribution in [0.4, 0.5) is 29.3 Å². The zero-order valence-electron chi connectivity index (χ0n) is 23.1. The standard InChI is InChI=1S/C28H37F4N7O2/c1-18(17-40)38(16-23(29)30)20-8-6-19(7-9-20)15-33-28-35-24(37-10-12-41-13-11-37)14-25(36-28)39-22-5-3-2-4-21(22)34-27(39)26(31)32/h2-5,14,18-20,23,26,40H,6-13,15-17H2,1H3,(H,33,35,36)/t18?,19-,20-. The number of halogens is 4. The molecule has 1 saturated carbocycles. The molecule has 3 heterocycles. The maximum atomic E-state index is 14.1. The number of benzene rings is 1. The number of morpholine rings is 1. The molecule has 1 unspecified atom stereocenters. The van der Waals surface area contributed by atoms with Gasteiger partial charge in [0, 0.05) is 37.8 Å². The van der Waals surface area contributed by atoms with E-state index in [2.05, 4.69) is 15.3 Å². The van der Waals surface area contributed by atoms with Gasteiger partial charge in [0.1, 0.15) is 11.6 Å². The number of imidazole rings is 1. The van der Waals surface area contributed by atoms with Gasteiger partial charge in [-0.3, -0.25) is 9.47 Å². The van der Waals surface area contributed by atoms with E-state index in [0.29, 0.717) is 61.5 Å². The first kappa shape index (κ1) is 29.5. The highest BCUT2D eigenvalue weighted by atomic mass is 19.3. The number of aliphatic hydroxyl groups excluding tert-OH is 1.